The minimum Gasteiger partial charge on any atom is -0.356 e. The molecule has 0 saturated carbocycles. The van der Waals surface area contributed by atoms with Gasteiger partial charge in [-0.1, -0.05) is 30.3 Å². The molecule has 5 rings (SSSR count). The number of rotatable bonds is 3. The van der Waals surface area contributed by atoms with Crippen molar-refractivity contribution in [1.29, 1.82) is 0 Å². The second-order valence-electron chi connectivity index (χ2n) is 7.93. The summed E-state index contributed by atoms with van der Waals surface area (Å²) in [4.78, 5) is 31.3. The van der Waals surface area contributed by atoms with Crippen LogP contribution in [-0.4, -0.2) is 45.4 Å². The molecular weight excluding hydrogens is 374 g/mol. The van der Waals surface area contributed by atoms with Crippen LogP contribution in [0.1, 0.15) is 40.9 Å². The third kappa shape index (κ3) is 3.65. The molecule has 0 aliphatic carbocycles. The van der Waals surface area contributed by atoms with Gasteiger partial charge in [-0.25, -0.2) is 9.97 Å². The number of anilines is 1. The lowest BCUT2D eigenvalue weighted by Gasteiger charge is -2.34. The molecule has 1 saturated heterocycles. The summed E-state index contributed by atoms with van der Waals surface area (Å²) in [6, 6.07) is 13.8. The third-order valence-corrected chi connectivity index (χ3v) is 5.92. The lowest BCUT2D eigenvalue weighted by Crippen LogP contribution is -2.39. The van der Waals surface area contributed by atoms with Crippen LogP contribution >= 0.6 is 0 Å². The van der Waals surface area contributed by atoms with Gasteiger partial charge in [0.05, 0.1) is 17.8 Å². The molecule has 6 heteroatoms. The van der Waals surface area contributed by atoms with Gasteiger partial charge in [0, 0.05) is 49.6 Å². The monoisotopic (exact) mass is 399 g/mol. The van der Waals surface area contributed by atoms with Crippen molar-refractivity contribution in [2.24, 2.45) is 0 Å². The fraction of sp³-hybridized carbons (Fsp3) is 0.333. The summed E-state index contributed by atoms with van der Waals surface area (Å²) in [6.07, 6.45) is 7.69. The van der Waals surface area contributed by atoms with Crippen molar-refractivity contribution in [2.45, 2.75) is 32.2 Å². The molecule has 1 amide bonds. The van der Waals surface area contributed by atoms with Crippen LogP contribution in [0.25, 0.3) is 11.4 Å². The molecule has 0 radical (unpaired) electrons. The smallest absolute Gasteiger partial charge is 0.255 e. The second kappa shape index (κ2) is 8.22. The van der Waals surface area contributed by atoms with Crippen molar-refractivity contribution in [3.63, 3.8) is 0 Å². The number of hydrogen-bond donors (Lipinski definition) is 0. The number of piperidine rings is 1. The Morgan fingerprint density at radius 2 is 1.73 bits per heavy atom. The zero-order chi connectivity index (χ0) is 20.3. The highest BCUT2D eigenvalue weighted by atomic mass is 16.2. The van der Waals surface area contributed by atoms with E-state index in [2.05, 4.69) is 22.0 Å². The van der Waals surface area contributed by atoms with Gasteiger partial charge in [0.1, 0.15) is 5.82 Å². The van der Waals surface area contributed by atoms with Crippen molar-refractivity contribution in [3.8, 4) is 11.4 Å². The first kappa shape index (κ1) is 18.7. The maximum atomic E-state index is 13.0. The molecule has 2 aromatic heterocycles. The molecule has 0 atom stereocenters. The molecule has 152 valence electrons. The average Bonchev–Trinajstić information content (AvgIpc) is 2.84. The normalized spacial score (nSPS) is 16.3. The largest absolute Gasteiger partial charge is 0.356 e. The van der Waals surface area contributed by atoms with E-state index in [1.54, 1.807) is 18.5 Å². The Morgan fingerprint density at radius 3 is 2.50 bits per heavy atom. The first-order valence-electron chi connectivity index (χ1n) is 10.7. The lowest BCUT2D eigenvalue weighted by molar-refractivity contribution is 0.0733. The number of hydrogen-bond acceptors (Lipinski definition) is 5. The quantitative estimate of drug-likeness (QED) is 0.672. The van der Waals surface area contributed by atoms with Crippen LogP contribution in [0.5, 0.6) is 0 Å². The zero-order valence-corrected chi connectivity index (χ0v) is 17.0. The van der Waals surface area contributed by atoms with Crippen LogP contribution in [0.4, 0.5) is 5.82 Å². The van der Waals surface area contributed by atoms with Gasteiger partial charge in [-0.05, 0) is 31.4 Å². The van der Waals surface area contributed by atoms with E-state index >= 15 is 0 Å². The van der Waals surface area contributed by atoms with Gasteiger partial charge >= 0.3 is 0 Å². The summed E-state index contributed by atoms with van der Waals surface area (Å²) in [5, 5.41) is 0. The fourth-order valence-electron chi connectivity index (χ4n) is 4.33. The van der Waals surface area contributed by atoms with Gasteiger partial charge in [0.15, 0.2) is 5.82 Å². The number of benzene rings is 1. The van der Waals surface area contributed by atoms with Crippen LogP contribution in [-0.2, 0) is 13.0 Å². The summed E-state index contributed by atoms with van der Waals surface area (Å²) in [5.41, 5.74) is 3.83. The van der Waals surface area contributed by atoms with Crippen LogP contribution < -0.4 is 4.90 Å². The number of pyridine rings is 1. The minimum absolute atomic E-state index is 0.0190. The van der Waals surface area contributed by atoms with Crippen molar-refractivity contribution in [1.82, 2.24) is 19.9 Å². The predicted molar refractivity (Wildman–Crippen MR) is 116 cm³/mol. The Labute approximate surface area is 176 Å². The summed E-state index contributed by atoms with van der Waals surface area (Å²) >= 11 is 0. The molecule has 0 bridgehead atoms. The molecule has 30 heavy (non-hydrogen) atoms. The number of fused-ring (bicyclic) bond motifs is 1. The van der Waals surface area contributed by atoms with Crippen LogP contribution in [0.15, 0.2) is 54.9 Å². The standard InChI is InChI=1S/C24H25N5O/c30-24(19-10-7-12-25-16-19)29-15-11-21-20(17-29)23(28-13-5-2-6-14-28)27-22(26-21)18-8-3-1-4-9-18/h1,3-4,7-10,12,16H,2,5-6,11,13-15,17H2. The molecule has 2 aliphatic heterocycles. The number of carbonyl (C=O) groups is 1. The molecule has 3 aromatic rings. The summed E-state index contributed by atoms with van der Waals surface area (Å²) in [5.74, 6) is 1.80. The molecule has 0 N–H and O–H groups in total. The summed E-state index contributed by atoms with van der Waals surface area (Å²) in [7, 11) is 0. The minimum atomic E-state index is 0.0190. The average molecular weight is 399 g/mol. The van der Waals surface area contributed by atoms with Gasteiger partial charge in [-0.2, -0.15) is 0 Å². The summed E-state index contributed by atoms with van der Waals surface area (Å²) < 4.78 is 0. The highest BCUT2D eigenvalue weighted by Crippen LogP contribution is 2.31. The lowest BCUT2D eigenvalue weighted by atomic mass is 10.0. The van der Waals surface area contributed by atoms with E-state index in [9.17, 15) is 4.79 Å². The molecular formula is C24H25N5O. The van der Waals surface area contributed by atoms with E-state index in [0.717, 1.165) is 48.0 Å². The SMILES string of the molecule is O=C(c1cccnc1)N1CCc2nc(-c3ccccc3)nc(N3CCCCC3)c2C1. The number of aromatic nitrogens is 3. The predicted octanol–water partition coefficient (Wildman–Crippen LogP) is 3.73. The highest BCUT2D eigenvalue weighted by molar-refractivity contribution is 5.94. The van der Waals surface area contributed by atoms with E-state index in [0.29, 0.717) is 18.7 Å². The van der Waals surface area contributed by atoms with Gasteiger partial charge in [0.25, 0.3) is 5.91 Å². The number of nitrogens with zero attached hydrogens (tertiary/aromatic N) is 5. The van der Waals surface area contributed by atoms with Crippen molar-refractivity contribution in [2.75, 3.05) is 24.5 Å². The Hall–Kier alpha value is -3.28. The van der Waals surface area contributed by atoms with E-state index < -0.39 is 0 Å². The fourth-order valence-corrected chi connectivity index (χ4v) is 4.33. The van der Waals surface area contributed by atoms with Crippen molar-refractivity contribution >= 4 is 11.7 Å². The molecule has 4 heterocycles. The van der Waals surface area contributed by atoms with Gasteiger partial charge in [-0.15, -0.1) is 0 Å². The zero-order valence-electron chi connectivity index (χ0n) is 17.0. The van der Waals surface area contributed by atoms with E-state index in [4.69, 9.17) is 9.97 Å². The topological polar surface area (TPSA) is 62.2 Å². The van der Waals surface area contributed by atoms with E-state index in [1.165, 1.54) is 19.3 Å². The third-order valence-electron chi connectivity index (χ3n) is 5.92. The second-order valence-corrected chi connectivity index (χ2v) is 7.93. The maximum Gasteiger partial charge on any atom is 0.255 e. The van der Waals surface area contributed by atoms with Crippen LogP contribution in [0.3, 0.4) is 0 Å². The highest BCUT2D eigenvalue weighted by Gasteiger charge is 2.29. The Bertz CT molecular complexity index is 1030. The molecule has 6 nitrogen and oxygen atoms in total. The Balaban J connectivity index is 1.53. The van der Waals surface area contributed by atoms with E-state index in [-0.39, 0.29) is 5.91 Å². The molecule has 1 fully saturated rings. The first-order chi connectivity index (χ1) is 14.8. The number of amides is 1. The van der Waals surface area contributed by atoms with Crippen molar-refractivity contribution in [3.05, 3.63) is 71.7 Å². The van der Waals surface area contributed by atoms with Gasteiger partial charge in [-0.3, -0.25) is 9.78 Å². The molecule has 1 aromatic carbocycles. The van der Waals surface area contributed by atoms with Gasteiger partial charge < -0.3 is 9.80 Å². The Kier molecular flexibility index (Phi) is 5.13. The van der Waals surface area contributed by atoms with Crippen LogP contribution in [0, 0.1) is 0 Å². The molecule has 0 spiro atoms. The number of carbonyl (C=O) groups excluding carboxylic acids is 1. The van der Waals surface area contributed by atoms with Crippen molar-refractivity contribution < 1.29 is 4.79 Å². The molecule has 0 unspecified atom stereocenters. The van der Waals surface area contributed by atoms with E-state index in [1.807, 2.05) is 29.2 Å². The Morgan fingerprint density at radius 1 is 0.900 bits per heavy atom. The summed E-state index contributed by atoms with van der Waals surface area (Å²) in [6.45, 7) is 3.22. The van der Waals surface area contributed by atoms with Crippen LogP contribution in [0.2, 0.25) is 0 Å². The maximum absolute atomic E-state index is 13.0. The molecule has 2 aliphatic rings. The van der Waals surface area contributed by atoms with Gasteiger partial charge in [0.2, 0.25) is 0 Å². The first-order valence-corrected chi connectivity index (χ1v) is 10.7.